The molecule has 0 saturated carbocycles. The van der Waals surface area contributed by atoms with Crippen molar-refractivity contribution in [2.24, 2.45) is 7.05 Å². The molecular formula is C14H16BrN7O. The summed E-state index contributed by atoms with van der Waals surface area (Å²) in [5.41, 5.74) is 1.36. The predicted octanol–water partition coefficient (Wildman–Crippen LogP) is 1.35. The highest BCUT2D eigenvalue weighted by Gasteiger charge is 2.16. The maximum absolute atomic E-state index is 12.4. The Hall–Kier alpha value is -2.42. The normalized spacial score (nSPS) is 10.9. The highest BCUT2D eigenvalue weighted by Crippen LogP contribution is 2.08. The number of nitrogens with zero attached hydrogens (tertiary/aromatic N) is 7. The van der Waals surface area contributed by atoms with Gasteiger partial charge in [-0.25, -0.2) is 4.68 Å². The van der Waals surface area contributed by atoms with Gasteiger partial charge in [0.05, 0.1) is 22.9 Å². The lowest BCUT2D eigenvalue weighted by atomic mass is 10.3. The van der Waals surface area contributed by atoms with E-state index in [-0.39, 0.29) is 5.91 Å². The van der Waals surface area contributed by atoms with Crippen LogP contribution in [0.2, 0.25) is 0 Å². The molecule has 0 bridgehead atoms. The summed E-state index contributed by atoms with van der Waals surface area (Å²) < 4.78 is 6.05. The fourth-order valence-corrected chi connectivity index (χ4v) is 2.51. The molecule has 9 heteroatoms. The molecule has 0 spiro atoms. The Bertz CT molecular complexity index is 819. The van der Waals surface area contributed by atoms with Gasteiger partial charge in [-0.15, -0.1) is 0 Å². The molecule has 8 nitrogen and oxygen atoms in total. The van der Waals surface area contributed by atoms with Crippen molar-refractivity contribution in [1.82, 2.24) is 34.2 Å². The average Bonchev–Trinajstić information content (AvgIpc) is 3.23. The Balaban J connectivity index is 1.67. The Morgan fingerprint density at radius 1 is 1.30 bits per heavy atom. The second-order valence-corrected chi connectivity index (χ2v) is 6.10. The molecule has 0 aliphatic rings. The molecule has 3 aromatic rings. The Morgan fingerprint density at radius 3 is 2.78 bits per heavy atom. The molecule has 0 aromatic carbocycles. The van der Waals surface area contributed by atoms with Gasteiger partial charge in [0.2, 0.25) is 0 Å². The van der Waals surface area contributed by atoms with Crippen molar-refractivity contribution < 1.29 is 4.79 Å². The Kier molecular flexibility index (Phi) is 4.28. The van der Waals surface area contributed by atoms with E-state index in [4.69, 9.17) is 0 Å². The van der Waals surface area contributed by atoms with Crippen LogP contribution in [0.25, 0.3) is 0 Å². The number of aromatic nitrogens is 6. The third-order valence-electron chi connectivity index (χ3n) is 3.42. The van der Waals surface area contributed by atoms with Gasteiger partial charge in [-0.05, 0) is 28.1 Å². The molecule has 0 aliphatic heterocycles. The molecule has 0 saturated heterocycles. The van der Waals surface area contributed by atoms with Crippen LogP contribution in [0.5, 0.6) is 0 Å². The number of halogens is 1. The van der Waals surface area contributed by atoms with Crippen molar-refractivity contribution in [3.63, 3.8) is 0 Å². The number of hydrogen-bond donors (Lipinski definition) is 0. The summed E-state index contributed by atoms with van der Waals surface area (Å²) in [5, 5.41) is 12.6. The number of rotatable bonds is 5. The van der Waals surface area contributed by atoms with Crippen LogP contribution in [0.3, 0.4) is 0 Å². The standard InChI is InChI=1S/C14H16BrN7O/c1-19(9-12-3-5-16-20(12)2)14(23)13-4-6-21(18-13)10-22-8-11(15)7-17-22/h3-8H,9-10H2,1-2H3. The zero-order chi connectivity index (χ0) is 16.4. The van der Waals surface area contributed by atoms with Crippen molar-refractivity contribution in [2.75, 3.05) is 7.05 Å². The maximum Gasteiger partial charge on any atom is 0.274 e. The van der Waals surface area contributed by atoms with Crippen LogP contribution in [0, 0.1) is 0 Å². The van der Waals surface area contributed by atoms with E-state index >= 15 is 0 Å². The maximum atomic E-state index is 12.4. The lowest BCUT2D eigenvalue weighted by Crippen LogP contribution is -2.27. The number of carbonyl (C=O) groups is 1. The van der Waals surface area contributed by atoms with E-state index in [1.807, 2.05) is 19.3 Å². The lowest BCUT2D eigenvalue weighted by Gasteiger charge is -2.15. The van der Waals surface area contributed by atoms with Crippen LogP contribution in [0.15, 0.2) is 41.4 Å². The minimum Gasteiger partial charge on any atom is -0.334 e. The second kappa shape index (κ2) is 6.37. The van der Waals surface area contributed by atoms with Crippen molar-refractivity contribution in [2.45, 2.75) is 13.2 Å². The first-order valence-corrected chi connectivity index (χ1v) is 7.76. The van der Waals surface area contributed by atoms with Crippen molar-refractivity contribution in [1.29, 1.82) is 0 Å². The molecular weight excluding hydrogens is 362 g/mol. The highest BCUT2D eigenvalue weighted by atomic mass is 79.9. The first kappa shape index (κ1) is 15.5. The molecule has 3 heterocycles. The summed E-state index contributed by atoms with van der Waals surface area (Å²) >= 11 is 3.35. The van der Waals surface area contributed by atoms with Gasteiger partial charge in [0.1, 0.15) is 12.4 Å². The van der Waals surface area contributed by atoms with Crippen molar-refractivity contribution >= 4 is 21.8 Å². The van der Waals surface area contributed by atoms with Crippen molar-refractivity contribution in [3.05, 3.63) is 52.8 Å². The van der Waals surface area contributed by atoms with Gasteiger partial charge >= 0.3 is 0 Å². The Morgan fingerprint density at radius 2 is 2.13 bits per heavy atom. The van der Waals surface area contributed by atoms with E-state index in [0.717, 1.165) is 10.2 Å². The summed E-state index contributed by atoms with van der Waals surface area (Å²) in [6, 6.07) is 3.60. The zero-order valence-corrected chi connectivity index (χ0v) is 14.4. The molecule has 120 valence electrons. The topological polar surface area (TPSA) is 73.8 Å². The third-order valence-corrected chi connectivity index (χ3v) is 3.83. The van der Waals surface area contributed by atoms with Crippen LogP contribution in [0.1, 0.15) is 16.2 Å². The van der Waals surface area contributed by atoms with E-state index < -0.39 is 0 Å². The van der Waals surface area contributed by atoms with Crippen LogP contribution in [-0.2, 0) is 20.3 Å². The van der Waals surface area contributed by atoms with E-state index in [2.05, 4.69) is 31.2 Å². The monoisotopic (exact) mass is 377 g/mol. The predicted molar refractivity (Wildman–Crippen MR) is 86.6 cm³/mol. The van der Waals surface area contributed by atoms with Crippen molar-refractivity contribution in [3.8, 4) is 0 Å². The van der Waals surface area contributed by atoms with Gasteiger partial charge in [0.25, 0.3) is 5.91 Å². The molecule has 0 fully saturated rings. The van der Waals surface area contributed by atoms with Crippen LogP contribution in [0.4, 0.5) is 0 Å². The van der Waals surface area contributed by atoms with Gasteiger partial charge < -0.3 is 4.90 Å². The average molecular weight is 378 g/mol. The third kappa shape index (κ3) is 3.50. The number of amides is 1. The van der Waals surface area contributed by atoms with Gasteiger partial charge in [-0.1, -0.05) is 0 Å². The minimum absolute atomic E-state index is 0.133. The fraction of sp³-hybridized carbons (Fsp3) is 0.286. The molecule has 0 N–H and O–H groups in total. The molecule has 3 rings (SSSR count). The van der Waals surface area contributed by atoms with Gasteiger partial charge in [-0.3, -0.25) is 14.2 Å². The Labute approximate surface area is 141 Å². The molecule has 0 unspecified atom stereocenters. The SMILES string of the molecule is CN(Cc1ccnn1C)C(=O)c1ccn(Cn2cc(Br)cn2)n1. The van der Waals surface area contributed by atoms with Crippen LogP contribution < -0.4 is 0 Å². The lowest BCUT2D eigenvalue weighted by molar-refractivity contribution is 0.0775. The summed E-state index contributed by atoms with van der Waals surface area (Å²) in [6.45, 7) is 0.929. The van der Waals surface area contributed by atoms with E-state index in [0.29, 0.717) is 18.9 Å². The second-order valence-electron chi connectivity index (χ2n) is 5.19. The molecule has 23 heavy (non-hydrogen) atoms. The quantitative estimate of drug-likeness (QED) is 0.672. The largest absolute Gasteiger partial charge is 0.334 e. The number of aryl methyl sites for hydroxylation is 1. The first-order valence-electron chi connectivity index (χ1n) is 6.96. The van der Waals surface area contributed by atoms with Gasteiger partial charge in [-0.2, -0.15) is 15.3 Å². The van der Waals surface area contributed by atoms with Gasteiger partial charge in [0, 0.05) is 32.7 Å². The molecule has 1 amide bonds. The fourth-order valence-electron chi connectivity index (χ4n) is 2.19. The smallest absolute Gasteiger partial charge is 0.274 e. The summed E-state index contributed by atoms with van der Waals surface area (Å²) in [4.78, 5) is 14.1. The number of hydrogen-bond acceptors (Lipinski definition) is 4. The molecule has 0 atom stereocenters. The summed E-state index contributed by atoms with van der Waals surface area (Å²) in [7, 11) is 3.60. The van der Waals surface area contributed by atoms with Crippen LogP contribution >= 0.6 is 15.9 Å². The molecule has 3 aromatic heterocycles. The first-order chi connectivity index (χ1) is 11.0. The van der Waals surface area contributed by atoms with E-state index in [1.54, 1.807) is 50.6 Å². The summed E-state index contributed by atoms with van der Waals surface area (Å²) in [5.74, 6) is -0.133. The molecule has 0 radical (unpaired) electrons. The molecule has 0 aliphatic carbocycles. The van der Waals surface area contributed by atoms with Crippen LogP contribution in [-0.4, -0.2) is 47.2 Å². The van der Waals surface area contributed by atoms with Gasteiger partial charge in [0.15, 0.2) is 0 Å². The highest BCUT2D eigenvalue weighted by molar-refractivity contribution is 9.10. The number of carbonyl (C=O) groups excluding carboxylic acids is 1. The minimum atomic E-state index is -0.133. The van der Waals surface area contributed by atoms with E-state index in [1.165, 1.54) is 0 Å². The zero-order valence-electron chi connectivity index (χ0n) is 12.8. The summed E-state index contributed by atoms with van der Waals surface area (Å²) in [6.07, 6.45) is 7.03. The van der Waals surface area contributed by atoms with E-state index in [9.17, 15) is 4.79 Å².